The zero-order chi connectivity index (χ0) is 15.0. The summed E-state index contributed by atoms with van der Waals surface area (Å²) in [5, 5.41) is 0. The first-order chi connectivity index (χ1) is 10.1. The molecule has 2 saturated heterocycles. The van der Waals surface area contributed by atoms with E-state index in [1.165, 1.54) is 11.0 Å². The molecule has 0 radical (unpaired) electrons. The molecule has 0 bridgehead atoms. The maximum absolute atomic E-state index is 13.4. The maximum atomic E-state index is 13.4. The van der Waals surface area contributed by atoms with Crippen LogP contribution in [0, 0.1) is 11.6 Å². The number of benzene rings is 1. The van der Waals surface area contributed by atoms with Crippen molar-refractivity contribution in [3.63, 3.8) is 0 Å². The molecule has 2 amide bonds. The van der Waals surface area contributed by atoms with Crippen LogP contribution < -0.4 is 4.90 Å². The van der Waals surface area contributed by atoms with Gasteiger partial charge in [-0.15, -0.1) is 0 Å². The molecule has 0 aliphatic carbocycles. The van der Waals surface area contributed by atoms with Crippen molar-refractivity contribution in [3.8, 4) is 0 Å². The lowest BCUT2D eigenvalue weighted by molar-refractivity contribution is -0.138. The van der Waals surface area contributed by atoms with E-state index in [1.54, 1.807) is 4.90 Å². The van der Waals surface area contributed by atoms with Crippen molar-refractivity contribution in [2.24, 2.45) is 0 Å². The minimum Gasteiger partial charge on any atom is -0.331 e. The molecule has 1 atom stereocenters. The van der Waals surface area contributed by atoms with Gasteiger partial charge >= 0.3 is 0 Å². The summed E-state index contributed by atoms with van der Waals surface area (Å²) >= 11 is 0. The molecule has 21 heavy (non-hydrogen) atoms. The Bertz CT molecular complexity index is 591. The van der Waals surface area contributed by atoms with Gasteiger partial charge in [-0.3, -0.25) is 9.59 Å². The summed E-state index contributed by atoms with van der Waals surface area (Å²) in [5.74, 6) is -2.18. The molecular formula is C15H16F2N2O2. The van der Waals surface area contributed by atoms with E-state index in [9.17, 15) is 18.4 Å². The van der Waals surface area contributed by atoms with Gasteiger partial charge in [-0.05, 0) is 31.4 Å². The van der Waals surface area contributed by atoms with Crippen LogP contribution in [0.5, 0.6) is 0 Å². The number of carbonyl (C=O) groups is 2. The Morgan fingerprint density at radius 1 is 1.05 bits per heavy atom. The highest BCUT2D eigenvalue weighted by atomic mass is 19.2. The van der Waals surface area contributed by atoms with E-state index in [4.69, 9.17) is 0 Å². The second-order valence-electron chi connectivity index (χ2n) is 5.44. The molecule has 0 saturated carbocycles. The van der Waals surface area contributed by atoms with Crippen molar-refractivity contribution in [1.82, 2.24) is 4.90 Å². The molecule has 0 aromatic heterocycles. The summed E-state index contributed by atoms with van der Waals surface area (Å²) in [6, 6.07) is 2.92. The molecule has 4 nitrogen and oxygen atoms in total. The Balaban J connectivity index is 1.93. The highest BCUT2D eigenvalue weighted by molar-refractivity contribution is 6.01. The molecule has 6 heteroatoms. The lowest BCUT2D eigenvalue weighted by atomic mass is 10.0. The van der Waals surface area contributed by atoms with Gasteiger partial charge in [0.2, 0.25) is 11.8 Å². The quantitative estimate of drug-likeness (QED) is 0.795. The van der Waals surface area contributed by atoms with Gasteiger partial charge in [-0.25, -0.2) is 8.78 Å². The third-order valence-corrected chi connectivity index (χ3v) is 4.14. The molecule has 0 N–H and O–H groups in total. The van der Waals surface area contributed by atoms with E-state index in [0.717, 1.165) is 25.0 Å². The first kappa shape index (κ1) is 14.0. The summed E-state index contributed by atoms with van der Waals surface area (Å²) in [4.78, 5) is 27.8. The van der Waals surface area contributed by atoms with Crippen LogP contribution in [-0.4, -0.2) is 35.8 Å². The van der Waals surface area contributed by atoms with Crippen LogP contribution >= 0.6 is 0 Å². The number of hydrogen-bond acceptors (Lipinski definition) is 2. The molecule has 2 aliphatic heterocycles. The molecular weight excluding hydrogens is 278 g/mol. The highest BCUT2D eigenvalue weighted by Crippen LogP contribution is 2.27. The van der Waals surface area contributed by atoms with Crippen LogP contribution in [0.4, 0.5) is 14.5 Å². The number of amides is 2. The zero-order valence-corrected chi connectivity index (χ0v) is 11.5. The summed E-state index contributed by atoms with van der Waals surface area (Å²) in [6.07, 6.45) is 2.64. The van der Waals surface area contributed by atoms with E-state index in [1.807, 2.05) is 0 Å². The lowest BCUT2D eigenvalue weighted by Gasteiger charge is -2.34. The first-order valence-electron chi connectivity index (χ1n) is 7.14. The minimum atomic E-state index is -0.989. The van der Waals surface area contributed by atoms with E-state index >= 15 is 0 Å². The summed E-state index contributed by atoms with van der Waals surface area (Å²) in [6.45, 7) is 0.802. The van der Waals surface area contributed by atoms with E-state index in [2.05, 4.69) is 0 Å². The summed E-state index contributed by atoms with van der Waals surface area (Å²) in [5.41, 5.74) is 0.305. The van der Waals surface area contributed by atoms with Gasteiger partial charge in [0, 0.05) is 31.3 Å². The Morgan fingerprint density at radius 3 is 2.62 bits per heavy atom. The van der Waals surface area contributed by atoms with Gasteiger partial charge in [0.25, 0.3) is 0 Å². The Labute approximate surface area is 121 Å². The molecule has 2 heterocycles. The standard InChI is InChI=1S/C15H16F2N2O2/c16-11-5-4-10(9-12(11)17)18-8-6-14(20)19-7-2-1-3-13(19)15(18)21/h4-5,9,13H,1-3,6-8H2. The summed E-state index contributed by atoms with van der Waals surface area (Å²) < 4.78 is 26.4. The molecule has 112 valence electrons. The van der Waals surface area contributed by atoms with Crippen molar-refractivity contribution in [2.75, 3.05) is 18.0 Å². The number of fused-ring (bicyclic) bond motifs is 1. The normalized spacial score (nSPS) is 23.0. The fraction of sp³-hybridized carbons (Fsp3) is 0.467. The predicted molar refractivity (Wildman–Crippen MR) is 72.7 cm³/mol. The Morgan fingerprint density at radius 2 is 1.86 bits per heavy atom. The number of piperidine rings is 1. The van der Waals surface area contributed by atoms with Crippen LogP contribution in [0.3, 0.4) is 0 Å². The predicted octanol–water partition coefficient (Wildman–Crippen LogP) is 2.08. The van der Waals surface area contributed by atoms with Gasteiger partial charge in [-0.1, -0.05) is 0 Å². The van der Waals surface area contributed by atoms with Crippen molar-refractivity contribution in [1.29, 1.82) is 0 Å². The molecule has 1 aromatic rings. The van der Waals surface area contributed by atoms with Crippen LogP contribution in [-0.2, 0) is 9.59 Å². The van der Waals surface area contributed by atoms with E-state index < -0.39 is 17.7 Å². The average Bonchev–Trinajstić information content (AvgIpc) is 2.61. The van der Waals surface area contributed by atoms with E-state index in [0.29, 0.717) is 18.7 Å². The molecule has 2 aliphatic rings. The van der Waals surface area contributed by atoms with Gasteiger partial charge in [0.05, 0.1) is 0 Å². The molecule has 1 aromatic carbocycles. The second-order valence-corrected chi connectivity index (χ2v) is 5.44. The molecule has 1 unspecified atom stereocenters. The third-order valence-electron chi connectivity index (χ3n) is 4.14. The first-order valence-corrected chi connectivity index (χ1v) is 7.14. The second kappa shape index (κ2) is 5.42. The van der Waals surface area contributed by atoms with Crippen LogP contribution in [0.1, 0.15) is 25.7 Å². The van der Waals surface area contributed by atoms with Crippen LogP contribution in [0.25, 0.3) is 0 Å². The SMILES string of the molecule is O=C1C2CCCCN2C(=O)CCN1c1ccc(F)c(F)c1. The fourth-order valence-corrected chi connectivity index (χ4v) is 3.04. The maximum Gasteiger partial charge on any atom is 0.249 e. The largest absolute Gasteiger partial charge is 0.331 e. The van der Waals surface area contributed by atoms with Gasteiger partial charge in [0.1, 0.15) is 6.04 Å². The smallest absolute Gasteiger partial charge is 0.249 e. The number of carbonyl (C=O) groups excluding carboxylic acids is 2. The van der Waals surface area contributed by atoms with Crippen molar-refractivity contribution < 1.29 is 18.4 Å². The van der Waals surface area contributed by atoms with Gasteiger partial charge in [0.15, 0.2) is 11.6 Å². The Hall–Kier alpha value is -1.98. The topological polar surface area (TPSA) is 40.6 Å². The zero-order valence-electron chi connectivity index (χ0n) is 11.5. The van der Waals surface area contributed by atoms with Crippen molar-refractivity contribution in [3.05, 3.63) is 29.8 Å². The number of anilines is 1. The van der Waals surface area contributed by atoms with Crippen molar-refractivity contribution >= 4 is 17.5 Å². The number of rotatable bonds is 1. The van der Waals surface area contributed by atoms with Crippen molar-refractivity contribution in [2.45, 2.75) is 31.7 Å². The van der Waals surface area contributed by atoms with E-state index in [-0.39, 0.29) is 24.8 Å². The lowest BCUT2D eigenvalue weighted by Crippen LogP contribution is -2.49. The molecule has 2 fully saturated rings. The number of halogens is 2. The summed E-state index contributed by atoms with van der Waals surface area (Å²) in [7, 11) is 0. The van der Waals surface area contributed by atoms with Crippen LogP contribution in [0.2, 0.25) is 0 Å². The average molecular weight is 294 g/mol. The molecule has 3 rings (SSSR count). The third kappa shape index (κ3) is 2.50. The van der Waals surface area contributed by atoms with Gasteiger partial charge < -0.3 is 9.80 Å². The fourth-order valence-electron chi connectivity index (χ4n) is 3.04. The number of hydrogen-bond donors (Lipinski definition) is 0. The molecule has 0 spiro atoms. The monoisotopic (exact) mass is 294 g/mol. The minimum absolute atomic E-state index is 0.0434. The Kier molecular flexibility index (Phi) is 3.61. The highest BCUT2D eigenvalue weighted by Gasteiger charge is 2.38. The van der Waals surface area contributed by atoms with Gasteiger partial charge in [-0.2, -0.15) is 0 Å². The number of nitrogens with zero attached hydrogens (tertiary/aromatic N) is 2. The van der Waals surface area contributed by atoms with Crippen LogP contribution in [0.15, 0.2) is 18.2 Å².